The van der Waals surface area contributed by atoms with Crippen LogP contribution >= 0.6 is 27.3 Å². The highest BCUT2D eigenvalue weighted by Crippen LogP contribution is 2.34. The lowest BCUT2D eigenvalue weighted by Crippen LogP contribution is -2.47. The Balaban J connectivity index is 1.92. The van der Waals surface area contributed by atoms with Crippen LogP contribution in [0.15, 0.2) is 15.9 Å². The van der Waals surface area contributed by atoms with Gasteiger partial charge in [-0.15, -0.1) is 11.3 Å². The van der Waals surface area contributed by atoms with E-state index in [1.54, 1.807) is 0 Å². The maximum Gasteiger partial charge on any atom is 0.0325 e. The SMILES string of the molecule is CNC1CC(C)CC(C)C1CN(C)Cc1cc(Br)cs1. The van der Waals surface area contributed by atoms with Gasteiger partial charge in [-0.2, -0.15) is 0 Å². The molecule has 0 aliphatic heterocycles. The molecule has 1 aromatic rings. The van der Waals surface area contributed by atoms with Crippen molar-refractivity contribution < 1.29 is 0 Å². The Morgan fingerprint density at radius 2 is 2.15 bits per heavy atom. The van der Waals surface area contributed by atoms with Crippen LogP contribution < -0.4 is 5.32 Å². The third-order valence-corrected chi connectivity index (χ3v) is 6.30. The lowest BCUT2D eigenvalue weighted by atomic mass is 9.72. The van der Waals surface area contributed by atoms with Gasteiger partial charge in [0.25, 0.3) is 0 Å². The number of thiophene rings is 1. The second-order valence-corrected chi connectivity index (χ2v) is 8.45. The molecule has 4 heteroatoms. The topological polar surface area (TPSA) is 15.3 Å². The van der Waals surface area contributed by atoms with Crippen LogP contribution in [0.25, 0.3) is 0 Å². The third-order valence-electron chi connectivity index (χ3n) is 4.62. The average Bonchev–Trinajstić information content (AvgIpc) is 2.77. The lowest BCUT2D eigenvalue weighted by Gasteiger charge is -2.41. The monoisotopic (exact) mass is 358 g/mol. The van der Waals surface area contributed by atoms with E-state index in [9.17, 15) is 0 Å². The van der Waals surface area contributed by atoms with Crippen LogP contribution in [0, 0.1) is 17.8 Å². The second kappa shape index (κ2) is 7.39. The van der Waals surface area contributed by atoms with Gasteiger partial charge < -0.3 is 10.2 Å². The van der Waals surface area contributed by atoms with Gasteiger partial charge in [0.05, 0.1) is 0 Å². The third kappa shape index (κ3) is 4.30. The highest BCUT2D eigenvalue weighted by atomic mass is 79.9. The summed E-state index contributed by atoms with van der Waals surface area (Å²) in [5.74, 6) is 2.44. The maximum atomic E-state index is 3.56. The summed E-state index contributed by atoms with van der Waals surface area (Å²) in [7, 11) is 4.38. The van der Waals surface area contributed by atoms with E-state index in [1.165, 1.54) is 28.7 Å². The molecule has 114 valence electrons. The van der Waals surface area contributed by atoms with Crippen LogP contribution in [-0.4, -0.2) is 31.6 Å². The number of halogens is 1. The Hall–Kier alpha value is 0.1000. The Morgan fingerprint density at radius 1 is 1.40 bits per heavy atom. The number of nitrogens with zero attached hydrogens (tertiary/aromatic N) is 1. The second-order valence-electron chi connectivity index (χ2n) is 6.54. The van der Waals surface area contributed by atoms with Crippen LogP contribution in [0.4, 0.5) is 0 Å². The zero-order valence-electron chi connectivity index (χ0n) is 13.0. The van der Waals surface area contributed by atoms with Crippen molar-refractivity contribution in [1.82, 2.24) is 10.2 Å². The van der Waals surface area contributed by atoms with Crippen molar-refractivity contribution in [3.8, 4) is 0 Å². The minimum atomic E-state index is 0.672. The molecule has 1 heterocycles. The molecule has 1 aromatic heterocycles. The molecular formula is C16H27BrN2S. The van der Waals surface area contributed by atoms with E-state index < -0.39 is 0 Å². The zero-order valence-corrected chi connectivity index (χ0v) is 15.4. The minimum Gasteiger partial charge on any atom is -0.317 e. The van der Waals surface area contributed by atoms with Crippen LogP contribution in [0.2, 0.25) is 0 Å². The van der Waals surface area contributed by atoms with Gasteiger partial charge in [0.1, 0.15) is 0 Å². The number of nitrogens with one attached hydrogen (secondary N) is 1. The minimum absolute atomic E-state index is 0.672. The molecule has 2 nitrogen and oxygen atoms in total. The summed E-state index contributed by atoms with van der Waals surface area (Å²) in [5.41, 5.74) is 0. The van der Waals surface area contributed by atoms with E-state index in [4.69, 9.17) is 0 Å². The Bertz CT molecular complexity index is 420. The average molecular weight is 359 g/mol. The van der Waals surface area contributed by atoms with Gasteiger partial charge in [0.2, 0.25) is 0 Å². The van der Waals surface area contributed by atoms with E-state index in [1.807, 2.05) is 11.3 Å². The highest BCUT2D eigenvalue weighted by molar-refractivity contribution is 9.10. The Kier molecular flexibility index (Phi) is 6.09. The summed E-state index contributed by atoms with van der Waals surface area (Å²) in [4.78, 5) is 3.93. The standard InChI is InChI=1S/C16H27BrN2S/c1-11-5-12(2)15(16(6-11)18-3)9-19(4)8-14-7-13(17)10-20-14/h7,10-12,15-16,18H,5-6,8-9H2,1-4H3. The van der Waals surface area contributed by atoms with Crippen molar-refractivity contribution in [2.24, 2.45) is 17.8 Å². The van der Waals surface area contributed by atoms with Crippen LogP contribution in [-0.2, 0) is 6.54 Å². The quantitative estimate of drug-likeness (QED) is 0.847. The molecule has 0 saturated heterocycles. The van der Waals surface area contributed by atoms with Crippen molar-refractivity contribution in [3.05, 3.63) is 20.8 Å². The molecule has 1 aliphatic rings. The van der Waals surface area contributed by atoms with Gasteiger partial charge in [-0.05, 0) is 66.7 Å². The van der Waals surface area contributed by atoms with Crippen molar-refractivity contribution >= 4 is 27.3 Å². The first kappa shape index (κ1) is 16.5. The van der Waals surface area contributed by atoms with E-state index in [2.05, 4.69) is 65.5 Å². The fourth-order valence-corrected chi connectivity index (χ4v) is 5.21. The maximum absolute atomic E-state index is 3.56. The van der Waals surface area contributed by atoms with Gasteiger partial charge in [-0.1, -0.05) is 13.8 Å². The predicted molar refractivity (Wildman–Crippen MR) is 92.3 cm³/mol. The van der Waals surface area contributed by atoms with Crippen molar-refractivity contribution in [1.29, 1.82) is 0 Å². The van der Waals surface area contributed by atoms with Crippen molar-refractivity contribution in [3.63, 3.8) is 0 Å². The Morgan fingerprint density at radius 3 is 2.75 bits per heavy atom. The summed E-state index contributed by atoms with van der Waals surface area (Å²) >= 11 is 5.38. The first-order valence-electron chi connectivity index (χ1n) is 7.58. The Labute approximate surface area is 136 Å². The molecule has 4 atom stereocenters. The van der Waals surface area contributed by atoms with Crippen molar-refractivity contribution in [2.45, 2.75) is 39.3 Å². The molecule has 1 fully saturated rings. The van der Waals surface area contributed by atoms with Crippen LogP contribution in [0.3, 0.4) is 0 Å². The summed E-state index contributed by atoms with van der Waals surface area (Å²) in [6.07, 6.45) is 2.70. The largest absolute Gasteiger partial charge is 0.317 e. The predicted octanol–water partition coefficient (Wildman–Crippen LogP) is 4.21. The fourth-order valence-electron chi connectivity index (χ4n) is 3.68. The van der Waals surface area contributed by atoms with E-state index in [0.29, 0.717) is 6.04 Å². The number of hydrogen-bond donors (Lipinski definition) is 1. The van der Waals surface area contributed by atoms with Crippen LogP contribution in [0.1, 0.15) is 31.6 Å². The normalized spacial score (nSPS) is 30.9. The smallest absolute Gasteiger partial charge is 0.0325 e. The van der Waals surface area contributed by atoms with Gasteiger partial charge in [0, 0.05) is 33.9 Å². The van der Waals surface area contributed by atoms with E-state index >= 15 is 0 Å². The van der Waals surface area contributed by atoms with Gasteiger partial charge >= 0.3 is 0 Å². The molecule has 4 unspecified atom stereocenters. The van der Waals surface area contributed by atoms with E-state index in [0.717, 1.165) is 24.3 Å². The zero-order chi connectivity index (χ0) is 14.7. The van der Waals surface area contributed by atoms with Crippen molar-refractivity contribution in [2.75, 3.05) is 20.6 Å². The van der Waals surface area contributed by atoms with Gasteiger partial charge in [-0.3, -0.25) is 0 Å². The summed E-state index contributed by atoms with van der Waals surface area (Å²) in [5, 5.41) is 5.73. The molecule has 1 aliphatic carbocycles. The van der Waals surface area contributed by atoms with Gasteiger partial charge in [0.15, 0.2) is 0 Å². The molecule has 0 amide bonds. The summed E-state index contributed by atoms with van der Waals surface area (Å²) in [6, 6.07) is 2.91. The first-order valence-corrected chi connectivity index (χ1v) is 9.25. The summed E-state index contributed by atoms with van der Waals surface area (Å²) in [6.45, 7) is 7.07. The molecule has 0 spiro atoms. The molecule has 0 aromatic carbocycles. The first-order chi connectivity index (χ1) is 9.49. The van der Waals surface area contributed by atoms with Gasteiger partial charge in [-0.25, -0.2) is 0 Å². The lowest BCUT2D eigenvalue weighted by molar-refractivity contribution is 0.113. The number of rotatable bonds is 5. The molecular weight excluding hydrogens is 332 g/mol. The molecule has 1 N–H and O–H groups in total. The summed E-state index contributed by atoms with van der Waals surface area (Å²) < 4.78 is 1.21. The molecule has 20 heavy (non-hydrogen) atoms. The number of hydrogen-bond acceptors (Lipinski definition) is 3. The highest BCUT2D eigenvalue weighted by Gasteiger charge is 2.33. The molecule has 2 rings (SSSR count). The molecule has 0 radical (unpaired) electrons. The molecule has 1 saturated carbocycles. The van der Waals surface area contributed by atoms with Crippen LogP contribution in [0.5, 0.6) is 0 Å². The molecule has 0 bridgehead atoms. The van der Waals surface area contributed by atoms with E-state index in [-0.39, 0.29) is 0 Å². The fraction of sp³-hybridized carbons (Fsp3) is 0.750.